The molecule has 2 rings (SSSR count). The van der Waals surface area contributed by atoms with E-state index < -0.39 is 0 Å². The van der Waals surface area contributed by atoms with Gasteiger partial charge in [-0.1, -0.05) is 0 Å². The Hall–Kier alpha value is -0.910. The number of hydrogen-bond donors (Lipinski definition) is 2. The lowest BCUT2D eigenvalue weighted by atomic mass is 10.2. The third-order valence-electron chi connectivity index (χ3n) is 2.79. The molecule has 0 unspecified atom stereocenters. The van der Waals surface area contributed by atoms with Crippen molar-refractivity contribution in [2.75, 3.05) is 13.6 Å². The Kier molecular flexibility index (Phi) is 3.58. The first-order valence-corrected chi connectivity index (χ1v) is 6.34. The van der Waals surface area contributed by atoms with Crippen molar-refractivity contribution in [3.8, 4) is 0 Å². The zero-order valence-corrected chi connectivity index (χ0v) is 10.2. The summed E-state index contributed by atoms with van der Waals surface area (Å²) in [6, 6.07) is 2.00. The fourth-order valence-electron chi connectivity index (χ4n) is 1.82. The summed E-state index contributed by atoms with van der Waals surface area (Å²) in [6.45, 7) is 1.95. The Bertz CT molecular complexity index is 373. The minimum atomic E-state index is -0.190. The third kappa shape index (κ3) is 2.81. The van der Waals surface area contributed by atoms with Crippen molar-refractivity contribution in [3.05, 3.63) is 21.9 Å². The lowest BCUT2D eigenvalue weighted by molar-refractivity contribution is 0.0956. The second-order valence-corrected chi connectivity index (χ2v) is 5.30. The maximum atomic E-state index is 11.5. The van der Waals surface area contributed by atoms with Crippen LogP contribution in [0.2, 0.25) is 0 Å². The highest BCUT2D eigenvalue weighted by Gasteiger charge is 2.23. The summed E-state index contributed by atoms with van der Waals surface area (Å²) in [6.07, 6.45) is 2.70. The van der Waals surface area contributed by atoms with Crippen molar-refractivity contribution in [1.29, 1.82) is 0 Å². The fraction of sp³-hybridized carbons (Fsp3) is 0.545. The molecule has 1 heterocycles. The number of carbonyl (C=O) groups excluding carboxylic acids is 1. The topological polar surface area (TPSA) is 58.4 Å². The molecule has 1 aromatic heterocycles. The number of nitrogens with two attached hydrogens (primary N) is 1. The maximum Gasteiger partial charge on any atom is 0.275 e. The van der Waals surface area contributed by atoms with Crippen LogP contribution in [0.25, 0.3) is 0 Å². The molecular formula is C11H17N3OS. The van der Waals surface area contributed by atoms with Gasteiger partial charge in [-0.05, 0) is 42.8 Å². The number of hydrazine groups is 1. The van der Waals surface area contributed by atoms with Gasteiger partial charge in [-0.2, -0.15) is 0 Å². The van der Waals surface area contributed by atoms with E-state index in [0.717, 1.165) is 29.4 Å². The van der Waals surface area contributed by atoms with Gasteiger partial charge >= 0.3 is 0 Å². The van der Waals surface area contributed by atoms with Crippen LogP contribution in [0.3, 0.4) is 0 Å². The molecule has 1 saturated carbocycles. The number of nitrogens with zero attached hydrogens (tertiary/aromatic N) is 1. The van der Waals surface area contributed by atoms with Crippen LogP contribution in [0.4, 0.5) is 0 Å². The number of hydrogen-bond acceptors (Lipinski definition) is 4. The van der Waals surface area contributed by atoms with Gasteiger partial charge in [0.15, 0.2) is 0 Å². The van der Waals surface area contributed by atoms with Crippen LogP contribution in [-0.2, 0) is 6.54 Å². The molecule has 0 bridgehead atoms. The Labute approximate surface area is 99.4 Å². The van der Waals surface area contributed by atoms with Gasteiger partial charge in [0.1, 0.15) is 0 Å². The second kappa shape index (κ2) is 4.95. The second-order valence-electron chi connectivity index (χ2n) is 4.39. The minimum absolute atomic E-state index is 0.190. The monoisotopic (exact) mass is 239 g/mol. The predicted octanol–water partition coefficient (Wildman–Crippen LogP) is 1.19. The highest BCUT2D eigenvalue weighted by molar-refractivity contribution is 7.12. The molecule has 16 heavy (non-hydrogen) atoms. The molecule has 0 saturated heterocycles. The molecule has 1 aromatic rings. The van der Waals surface area contributed by atoms with Crippen molar-refractivity contribution in [2.24, 2.45) is 11.8 Å². The average molecular weight is 239 g/mol. The summed E-state index contributed by atoms with van der Waals surface area (Å²) in [5.41, 5.74) is 3.25. The molecule has 0 aromatic carbocycles. The molecule has 5 heteroatoms. The quantitative estimate of drug-likeness (QED) is 0.461. The van der Waals surface area contributed by atoms with Crippen molar-refractivity contribution >= 4 is 17.2 Å². The van der Waals surface area contributed by atoms with Gasteiger partial charge in [0.25, 0.3) is 5.91 Å². The van der Waals surface area contributed by atoms with E-state index >= 15 is 0 Å². The highest BCUT2D eigenvalue weighted by atomic mass is 32.1. The number of thiophene rings is 1. The molecule has 4 nitrogen and oxygen atoms in total. The van der Waals surface area contributed by atoms with Crippen LogP contribution < -0.4 is 11.3 Å². The lowest BCUT2D eigenvalue weighted by Gasteiger charge is -2.16. The number of amides is 1. The summed E-state index contributed by atoms with van der Waals surface area (Å²) in [5, 5.41) is 1.94. The van der Waals surface area contributed by atoms with E-state index in [9.17, 15) is 4.79 Å². The van der Waals surface area contributed by atoms with Crippen molar-refractivity contribution in [3.63, 3.8) is 0 Å². The number of rotatable bonds is 5. The molecule has 1 fully saturated rings. The van der Waals surface area contributed by atoms with Crippen LogP contribution in [-0.4, -0.2) is 24.4 Å². The van der Waals surface area contributed by atoms with E-state index in [2.05, 4.69) is 17.4 Å². The molecule has 3 N–H and O–H groups in total. The van der Waals surface area contributed by atoms with Crippen molar-refractivity contribution < 1.29 is 4.79 Å². The smallest absolute Gasteiger partial charge is 0.275 e. The molecular weight excluding hydrogens is 222 g/mol. The van der Waals surface area contributed by atoms with E-state index in [1.54, 1.807) is 0 Å². The first kappa shape index (κ1) is 11.6. The summed E-state index contributed by atoms with van der Waals surface area (Å²) in [5.74, 6) is 5.83. The lowest BCUT2D eigenvalue weighted by Crippen LogP contribution is -2.30. The first-order valence-electron chi connectivity index (χ1n) is 5.46. The van der Waals surface area contributed by atoms with E-state index in [4.69, 9.17) is 5.84 Å². The van der Waals surface area contributed by atoms with Gasteiger partial charge in [0.2, 0.25) is 0 Å². The van der Waals surface area contributed by atoms with E-state index in [1.807, 2.05) is 11.4 Å². The standard InChI is InChI=1S/C11H17N3OS/c1-14(6-8-2-3-8)7-9-4-5-16-10(9)11(15)13-12/h4-5,8H,2-3,6-7,12H2,1H3,(H,13,15). The van der Waals surface area contributed by atoms with Crippen LogP contribution in [0.5, 0.6) is 0 Å². The normalized spacial score (nSPS) is 15.4. The highest BCUT2D eigenvalue weighted by Crippen LogP contribution is 2.30. The van der Waals surface area contributed by atoms with Gasteiger partial charge in [-0.25, -0.2) is 5.84 Å². The zero-order valence-electron chi connectivity index (χ0n) is 9.40. The van der Waals surface area contributed by atoms with E-state index in [0.29, 0.717) is 0 Å². The van der Waals surface area contributed by atoms with Crippen molar-refractivity contribution in [1.82, 2.24) is 10.3 Å². The summed E-state index contributed by atoms with van der Waals surface area (Å²) in [4.78, 5) is 14.5. The first-order chi connectivity index (χ1) is 7.70. The van der Waals surface area contributed by atoms with Gasteiger partial charge < -0.3 is 4.90 Å². The third-order valence-corrected chi connectivity index (χ3v) is 3.75. The van der Waals surface area contributed by atoms with Crippen LogP contribution in [0, 0.1) is 5.92 Å². The molecule has 0 atom stereocenters. The molecule has 0 spiro atoms. The molecule has 1 aliphatic carbocycles. The van der Waals surface area contributed by atoms with Crippen LogP contribution >= 0.6 is 11.3 Å². The Balaban J connectivity index is 1.96. The van der Waals surface area contributed by atoms with Gasteiger partial charge in [-0.3, -0.25) is 10.2 Å². The van der Waals surface area contributed by atoms with Gasteiger partial charge in [0.05, 0.1) is 4.88 Å². The molecule has 88 valence electrons. The van der Waals surface area contributed by atoms with E-state index in [-0.39, 0.29) is 5.91 Å². The zero-order chi connectivity index (χ0) is 11.5. The Morgan fingerprint density at radius 2 is 2.44 bits per heavy atom. The molecule has 0 aliphatic heterocycles. The predicted molar refractivity (Wildman–Crippen MR) is 65.0 cm³/mol. The maximum absolute atomic E-state index is 11.5. The van der Waals surface area contributed by atoms with E-state index in [1.165, 1.54) is 24.2 Å². The molecule has 1 aliphatic rings. The molecule has 1 amide bonds. The van der Waals surface area contributed by atoms with Gasteiger partial charge in [-0.15, -0.1) is 11.3 Å². The average Bonchev–Trinajstić information content (AvgIpc) is 2.94. The van der Waals surface area contributed by atoms with Crippen LogP contribution in [0.1, 0.15) is 28.1 Å². The number of carbonyl (C=O) groups is 1. The van der Waals surface area contributed by atoms with Gasteiger partial charge in [0, 0.05) is 13.1 Å². The SMILES string of the molecule is CN(Cc1ccsc1C(=O)NN)CC1CC1. The fourth-order valence-corrected chi connectivity index (χ4v) is 2.64. The number of nitrogen functional groups attached to an aromatic ring is 1. The molecule has 0 radical (unpaired) electrons. The summed E-state index contributed by atoms with van der Waals surface area (Å²) >= 11 is 1.44. The van der Waals surface area contributed by atoms with Crippen molar-refractivity contribution in [2.45, 2.75) is 19.4 Å². The minimum Gasteiger partial charge on any atom is -0.302 e. The summed E-state index contributed by atoms with van der Waals surface area (Å²) < 4.78 is 0. The summed E-state index contributed by atoms with van der Waals surface area (Å²) in [7, 11) is 2.10. The largest absolute Gasteiger partial charge is 0.302 e. The van der Waals surface area contributed by atoms with Crippen LogP contribution in [0.15, 0.2) is 11.4 Å². The Morgan fingerprint density at radius 1 is 1.69 bits per heavy atom. The Morgan fingerprint density at radius 3 is 3.06 bits per heavy atom. The number of nitrogens with one attached hydrogen (secondary N) is 1.